The average Bonchev–Trinajstić information content (AvgIpc) is 2.97. The highest BCUT2D eigenvalue weighted by Gasteiger charge is 2.29. The molecule has 1 amide bonds. The van der Waals surface area contributed by atoms with Crippen LogP contribution in [0.5, 0.6) is 0 Å². The van der Waals surface area contributed by atoms with Gasteiger partial charge in [0.2, 0.25) is 0 Å². The van der Waals surface area contributed by atoms with Gasteiger partial charge in [-0.1, -0.05) is 0 Å². The topological polar surface area (TPSA) is 60.2 Å². The first-order valence-electron chi connectivity index (χ1n) is 8.48. The standard InChI is InChI=1S/C19H19FN4O2/c1-12-5-6-21-18(22-12)17-11-24(7-8-26-17)19(25)16-10-13-9-14(20)3-4-15(13)23(16)2/h3-6,9-10,17H,7-8,11H2,1-2H3/t17-/m1/s1. The zero-order valence-electron chi connectivity index (χ0n) is 14.6. The lowest BCUT2D eigenvalue weighted by molar-refractivity contribution is -0.0271. The Morgan fingerprint density at radius 2 is 2.15 bits per heavy atom. The molecule has 1 saturated heterocycles. The van der Waals surface area contributed by atoms with E-state index in [1.165, 1.54) is 12.1 Å². The second-order valence-electron chi connectivity index (χ2n) is 6.46. The van der Waals surface area contributed by atoms with E-state index in [2.05, 4.69) is 9.97 Å². The number of carbonyl (C=O) groups excluding carboxylic acids is 1. The Morgan fingerprint density at radius 1 is 1.31 bits per heavy atom. The number of nitrogens with zero attached hydrogens (tertiary/aromatic N) is 4. The lowest BCUT2D eigenvalue weighted by atomic mass is 10.2. The van der Waals surface area contributed by atoms with Crippen LogP contribution >= 0.6 is 0 Å². The maximum Gasteiger partial charge on any atom is 0.270 e. The zero-order valence-corrected chi connectivity index (χ0v) is 14.6. The van der Waals surface area contributed by atoms with Crippen molar-refractivity contribution in [1.82, 2.24) is 19.4 Å². The third kappa shape index (κ3) is 2.94. The predicted molar refractivity (Wildman–Crippen MR) is 94.2 cm³/mol. The van der Waals surface area contributed by atoms with Crippen LogP contribution in [-0.2, 0) is 11.8 Å². The summed E-state index contributed by atoms with van der Waals surface area (Å²) in [4.78, 5) is 23.4. The molecule has 1 aliphatic rings. The Labute approximate surface area is 150 Å². The summed E-state index contributed by atoms with van der Waals surface area (Å²) in [5.41, 5.74) is 2.20. The van der Waals surface area contributed by atoms with E-state index < -0.39 is 0 Å². The molecule has 6 nitrogen and oxygen atoms in total. The molecule has 3 heterocycles. The van der Waals surface area contributed by atoms with E-state index in [1.54, 1.807) is 27.8 Å². The number of morpholine rings is 1. The van der Waals surface area contributed by atoms with Gasteiger partial charge < -0.3 is 14.2 Å². The molecule has 1 aliphatic heterocycles. The van der Waals surface area contributed by atoms with Crippen LogP contribution in [0.25, 0.3) is 10.9 Å². The van der Waals surface area contributed by atoms with Gasteiger partial charge in [-0.15, -0.1) is 0 Å². The molecule has 0 N–H and O–H groups in total. The van der Waals surface area contributed by atoms with Crippen LogP contribution in [-0.4, -0.2) is 45.0 Å². The number of fused-ring (bicyclic) bond motifs is 1. The number of hydrogen-bond acceptors (Lipinski definition) is 4. The second kappa shape index (κ2) is 6.49. The van der Waals surface area contributed by atoms with Crippen molar-refractivity contribution in [2.45, 2.75) is 13.0 Å². The van der Waals surface area contributed by atoms with Crippen molar-refractivity contribution >= 4 is 16.8 Å². The summed E-state index contributed by atoms with van der Waals surface area (Å²) >= 11 is 0. The molecule has 3 aromatic rings. The van der Waals surface area contributed by atoms with Crippen LogP contribution in [0.15, 0.2) is 36.5 Å². The molecule has 1 aromatic carbocycles. The van der Waals surface area contributed by atoms with E-state index >= 15 is 0 Å². The number of rotatable bonds is 2. The van der Waals surface area contributed by atoms with Gasteiger partial charge in [-0.05, 0) is 37.3 Å². The molecule has 0 radical (unpaired) electrons. The average molecular weight is 354 g/mol. The highest BCUT2D eigenvalue weighted by Crippen LogP contribution is 2.24. The Hall–Kier alpha value is -2.80. The lowest BCUT2D eigenvalue weighted by Gasteiger charge is -2.32. The van der Waals surface area contributed by atoms with Gasteiger partial charge in [0, 0.05) is 36.4 Å². The summed E-state index contributed by atoms with van der Waals surface area (Å²) < 4.78 is 21.0. The van der Waals surface area contributed by atoms with Crippen molar-refractivity contribution in [3.63, 3.8) is 0 Å². The van der Waals surface area contributed by atoms with Gasteiger partial charge in [0.25, 0.3) is 5.91 Å². The molecular formula is C19H19FN4O2. The van der Waals surface area contributed by atoms with Crippen LogP contribution in [0, 0.1) is 12.7 Å². The fraction of sp³-hybridized carbons (Fsp3) is 0.316. The highest BCUT2D eigenvalue weighted by molar-refractivity contribution is 5.98. The van der Waals surface area contributed by atoms with Gasteiger partial charge >= 0.3 is 0 Å². The van der Waals surface area contributed by atoms with Crippen molar-refractivity contribution < 1.29 is 13.9 Å². The first kappa shape index (κ1) is 16.7. The molecule has 1 atom stereocenters. The van der Waals surface area contributed by atoms with E-state index in [1.807, 2.05) is 20.0 Å². The fourth-order valence-corrected chi connectivity index (χ4v) is 3.30. The Bertz CT molecular complexity index is 985. The van der Waals surface area contributed by atoms with E-state index in [4.69, 9.17) is 4.74 Å². The van der Waals surface area contributed by atoms with E-state index in [9.17, 15) is 9.18 Å². The Kier molecular flexibility index (Phi) is 4.16. The molecule has 7 heteroatoms. The molecule has 2 aromatic heterocycles. The second-order valence-corrected chi connectivity index (χ2v) is 6.46. The first-order valence-corrected chi connectivity index (χ1v) is 8.48. The first-order chi connectivity index (χ1) is 12.5. The number of carbonyl (C=O) groups is 1. The molecule has 0 saturated carbocycles. The predicted octanol–water partition coefficient (Wildman–Crippen LogP) is 2.63. The molecule has 0 aliphatic carbocycles. The lowest BCUT2D eigenvalue weighted by Crippen LogP contribution is -2.43. The van der Waals surface area contributed by atoms with Gasteiger partial charge in [0.15, 0.2) is 5.82 Å². The van der Waals surface area contributed by atoms with Gasteiger partial charge in [-0.3, -0.25) is 4.79 Å². The zero-order chi connectivity index (χ0) is 18.3. The quantitative estimate of drug-likeness (QED) is 0.710. The summed E-state index contributed by atoms with van der Waals surface area (Å²) in [6, 6.07) is 8.08. The van der Waals surface area contributed by atoms with Gasteiger partial charge in [0.05, 0.1) is 13.2 Å². The van der Waals surface area contributed by atoms with Crippen molar-refractivity contribution in [3.8, 4) is 0 Å². The molecule has 0 bridgehead atoms. The summed E-state index contributed by atoms with van der Waals surface area (Å²) in [7, 11) is 1.81. The fourth-order valence-electron chi connectivity index (χ4n) is 3.30. The largest absolute Gasteiger partial charge is 0.367 e. The Balaban J connectivity index is 1.61. The molecular weight excluding hydrogens is 335 g/mol. The third-order valence-electron chi connectivity index (χ3n) is 4.68. The monoisotopic (exact) mass is 354 g/mol. The van der Waals surface area contributed by atoms with E-state index in [0.717, 1.165) is 11.2 Å². The highest BCUT2D eigenvalue weighted by atomic mass is 19.1. The number of halogens is 1. The van der Waals surface area contributed by atoms with Crippen molar-refractivity contribution in [1.29, 1.82) is 0 Å². The maximum absolute atomic E-state index is 13.5. The van der Waals surface area contributed by atoms with Crippen LogP contribution in [0.2, 0.25) is 0 Å². The van der Waals surface area contributed by atoms with Gasteiger partial charge in [0.1, 0.15) is 17.6 Å². The smallest absolute Gasteiger partial charge is 0.270 e. The van der Waals surface area contributed by atoms with Crippen LogP contribution < -0.4 is 0 Å². The molecule has 4 rings (SSSR count). The van der Waals surface area contributed by atoms with Crippen molar-refractivity contribution in [3.05, 3.63) is 59.6 Å². The summed E-state index contributed by atoms with van der Waals surface area (Å²) in [5, 5.41) is 0.711. The normalized spacial score (nSPS) is 17.7. The van der Waals surface area contributed by atoms with Crippen LogP contribution in [0.3, 0.4) is 0 Å². The number of amides is 1. The number of ether oxygens (including phenoxy) is 1. The summed E-state index contributed by atoms with van der Waals surface area (Å²) in [6.45, 7) is 3.20. The van der Waals surface area contributed by atoms with Crippen molar-refractivity contribution in [2.24, 2.45) is 7.05 Å². The minimum Gasteiger partial charge on any atom is -0.367 e. The number of aromatic nitrogens is 3. The Morgan fingerprint density at radius 3 is 2.96 bits per heavy atom. The molecule has 0 unspecified atom stereocenters. The van der Waals surface area contributed by atoms with Gasteiger partial charge in [-0.2, -0.15) is 0 Å². The minimum absolute atomic E-state index is 0.106. The molecule has 1 fully saturated rings. The van der Waals surface area contributed by atoms with Crippen LogP contribution in [0.1, 0.15) is 28.1 Å². The van der Waals surface area contributed by atoms with Crippen molar-refractivity contribution in [2.75, 3.05) is 19.7 Å². The maximum atomic E-state index is 13.5. The van der Waals surface area contributed by atoms with E-state index in [0.29, 0.717) is 36.6 Å². The summed E-state index contributed by atoms with van der Waals surface area (Å²) in [6.07, 6.45) is 1.35. The minimum atomic E-state index is -0.347. The number of benzene rings is 1. The SMILES string of the molecule is Cc1ccnc([C@H]2CN(C(=O)c3cc4cc(F)ccc4n3C)CCO2)n1. The number of hydrogen-bond donors (Lipinski definition) is 0. The summed E-state index contributed by atoms with van der Waals surface area (Å²) in [5.74, 6) is 0.164. The molecule has 134 valence electrons. The van der Waals surface area contributed by atoms with E-state index in [-0.39, 0.29) is 17.8 Å². The molecule has 0 spiro atoms. The molecule has 26 heavy (non-hydrogen) atoms. The third-order valence-corrected chi connectivity index (χ3v) is 4.68. The van der Waals surface area contributed by atoms with Crippen LogP contribution in [0.4, 0.5) is 4.39 Å². The van der Waals surface area contributed by atoms with Gasteiger partial charge in [-0.25, -0.2) is 14.4 Å². The number of aryl methyl sites for hydroxylation is 2.